The van der Waals surface area contributed by atoms with Crippen molar-refractivity contribution in [1.82, 2.24) is 0 Å². The van der Waals surface area contributed by atoms with Crippen molar-refractivity contribution >= 4 is 0 Å². The van der Waals surface area contributed by atoms with E-state index in [0.717, 1.165) is 0 Å². The van der Waals surface area contributed by atoms with Gasteiger partial charge < -0.3 is 42.5 Å². The van der Waals surface area contributed by atoms with E-state index in [-0.39, 0.29) is 59.5 Å². The van der Waals surface area contributed by atoms with Crippen LogP contribution in [0.15, 0.2) is 0 Å². The first-order valence-electron chi connectivity index (χ1n) is 0.894. The Balaban J connectivity index is -0.00000000133. The Morgan fingerprint density at radius 3 is 0.667 bits per heavy atom. The second-order valence-corrected chi connectivity index (χ2v) is 0.447. The Kier molecular flexibility index (Phi) is 2000. The first-order chi connectivity index (χ1) is 1.41. The minimum Gasteiger partial charge on any atom is -0.668 e. The Morgan fingerprint density at radius 1 is 0.667 bits per heavy atom. The molecule has 0 aromatic carbocycles. The molecule has 1 radical (unpaired) electrons. The van der Waals surface area contributed by atoms with Crippen molar-refractivity contribution in [3.8, 4) is 0 Å². The molecule has 0 bridgehead atoms. The summed E-state index contributed by atoms with van der Waals surface area (Å²) in [5.74, 6) is 0. The topological polar surface area (TPSA) is 14.1 Å². The van der Waals surface area contributed by atoms with Crippen LogP contribution in [-0.4, -0.2) is 14.1 Å². The molecule has 0 aliphatic rings. The van der Waals surface area contributed by atoms with Crippen molar-refractivity contribution in [3.05, 3.63) is 42.5 Å². The van der Waals surface area contributed by atoms with E-state index < -0.39 is 0 Å². The molecule has 0 fully saturated rings. The van der Waals surface area contributed by atoms with E-state index in [1.165, 1.54) is 0 Å². The minimum atomic E-state index is 0. The van der Waals surface area contributed by atoms with Gasteiger partial charge in [-0.3, -0.25) is 0 Å². The van der Waals surface area contributed by atoms with Gasteiger partial charge in [0.2, 0.25) is 0 Å². The van der Waals surface area contributed by atoms with Crippen LogP contribution < -0.4 is 0 Å². The fraction of sp³-hybridized carbons (Fsp3) is 0.286. The van der Waals surface area contributed by atoms with Gasteiger partial charge in [0.15, 0.2) is 0 Å². The van der Waals surface area contributed by atoms with Gasteiger partial charge in [-0.15, -0.1) is 0 Å². The quantitative estimate of drug-likeness (QED) is 0.611. The molecule has 65 valence electrons. The van der Waals surface area contributed by atoms with Gasteiger partial charge in [-0.2, -0.15) is 14.1 Å². The minimum absolute atomic E-state index is 0. The molecule has 1 nitrogen and oxygen atoms in total. The van der Waals surface area contributed by atoms with Crippen molar-refractivity contribution in [2.24, 2.45) is 0 Å². The Labute approximate surface area is 79.1 Å². The summed E-state index contributed by atoms with van der Waals surface area (Å²) >= 11 is 0. The molecule has 0 unspecified atom stereocenters. The molecule has 0 saturated heterocycles. The fourth-order valence-electron chi connectivity index (χ4n) is 0. The second-order valence-electron chi connectivity index (χ2n) is 0.447. The van der Waals surface area contributed by atoms with Gasteiger partial charge in [0.05, 0.1) is 0 Å². The number of rotatable bonds is 0. The zero-order valence-corrected chi connectivity index (χ0v) is 11.1. The van der Waals surface area contributed by atoms with Crippen molar-refractivity contribution in [3.63, 3.8) is 0 Å². The van der Waals surface area contributed by atoms with Gasteiger partial charge in [-0.1, -0.05) is 0 Å². The zero-order valence-electron chi connectivity index (χ0n) is 7.89. The van der Waals surface area contributed by atoms with Crippen molar-refractivity contribution < 1.29 is 22.4 Å². The molecule has 0 aromatic rings. The molecule has 0 saturated carbocycles. The van der Waals surface area contributed by atoms with E-state index in [1.807, 2.05) is 0 Å². The molecule has 0 amide bonds. The number of hydrogen-bond donors (Lipinski definition) is 0. The maximum atomic E-state index is 3.50. The normalized spacial score (nSPS) is 2.00. The first kappa shape index (κ1) is 101. The molecular formula is C7H21NTa-6. The van der Waals surface area contributed by atoms with Crippen LogP contribution >= 0.6 is 0 Å². The van der Waals surface area contributed by atoms with Crippen LogP contribution in [0.3, 0.4) is 0 Å². The molecule has 0 aromatic heterocycles. The summed E-state index contributed by atoms with van der Waals surface area (Å²) < 4.78 is 0. The van der Waals surface area contributed by atoms with Gasteiger partial charge in [0.1, 0.15) is 0 Å². The molecule has 0 rings (SSSR count). The van der Waals surface area contributed by atoms with E-state index in [1.54, 1.807) is 14.1 Å². The summed E-state index contributed by atoms with van der Waals surface area (Å²) in [6.45, 7) is 0. The van der Waals surface area contributed by atoms with Gasteiger partial charge in [-0.25, -0.2) is 0 Å². The molecular weight excluding hydrogens is 279 g/mol. The molecule has 0 atom stereocenters. The van der Waals surface area contributed by atoms with Crippen LogP contribution in [0.2, 0.25) is 0 Å². The molecule has 0 aliphatic carbocycles. The smallest absolute Gasteiger partial charge is 0 e. The van der Waals surface area contributed by atoms with E-state index in [9.17, 15) is 0 Å². The summed E-state index contributed by atoms with van der Waals surface area (Å²) in [5.41, 5.74) is 0. The third kappa shape index (κ3) is 797. The summed E-state index contributed by atoms with van der Waals surface area (Å²) in [6, 6.07) is 0. The van der Waals surface area contributed by atoms with Crippen molar-refractivity contribution in [2.45, 2.75) is 0 Å². The van der Waals surface area contributed by atoms with E-state index in [4.69, 9.17) is 0 Å². The Bertz CT molecular complexity index is 8.88. The van der Waals surface area contributed by atoms with Crippen LogP contribution in [0.4, 0.5) is 0 Å². The first-order valence-corrected chi connectivity index (χ1v) is 0.894. The van der Waals surface area contributed by atoms with Gasteiger partial charge >= 0.3 is 0 Å². The standard InChI is InChI=1S/C2H6N.5CH3.Ta/c1-3-2;;;;;;/h1-2H3;5*1H3;/q6*-1;. The molecule has 0 N–H and O–H groups in total. The number of hydrogen-bond acceptors (Lipinski definition) is 0. The van der Waals surface area contributed by atoms with Gasteiger partial charge in [0, 0.05) is 22.4 Å². The molecule has 2 heteroatoms. The number of nitrogens with zero attached hydrogens (tertiary/aromatic N) is 1. The van der Waals surface area contributed by atoms with Crippen LogP contribution in [0, 0.1) is 37.1 Å². The van der Waals surface area contributed by atoms with Gasteiger partial charge in [0.25, 0.3) is 0 Å². The average Bonchev–Trinajstić information content (AvgIpc) is 0.918. The maximum absolute atomic E-state index is 3.50. The molecule has 0 spiro atoms. The molecule has 0 heterocycles. The van der Waals surface area contributed by atoms with Crippen LogP contribution in [-0.2, 0) is 22.4 Å². The van der Waals surface area contributed by atoms with E-state index in [2.05, 4.69) is 5.32 Å². The third-order valence-corrected chi connectivity index (χ3v) is 0. The molecule has 0 aliphatic heterocycles. The summed E-state index contributed by atoms with van der Waals surface area (Å²) in [5, 5.41) is 3.50. The van der Waals surface area contributed by atoms with E-state index in [0.29, 0.717) is 0 Å². The second kappa shape index (κ2) is 178. The zero-order chi connectivity index (χ0) is 2.71. The summed E-state index contributed by atoms with van der Waals surface area (Å²) in [7, 11) is 3.50. The predicted molar refractivity (Wildman–Crippen MR) is 47.3 cm³/mol. The predicted octanol–water partition coefficient (Wildman–Crippen LogP) is 2.87. The SMILES string of the molecule is C[N-]C.[CH3-].[CH3-].[CH3-].[CH3-].[CH3-].[Ta]. The van der Waals surface area contributed by atoms with Crippen LogP contribution in [0.25, 0.3) is 5.32 Å². The summed E-state index contributed by atoms with van der Waals surface area (Å²) in [4.78, 5) is 0. The van der Waals surface area contributed by atoms with E-state index >= 15 is 0 Å². The van der Waals surface area contributed by atoms with Gasteiger partial charge in [-0.05, 0) is 0 Å². The Hall–Kier alpha value is 0.700. The third-order valence-electron chi connectivity index (χ3n) is 0. The van der Waals surface area contributed by atoms with Crippen molar-refractivity contribution in [2.75, 3.05) is 14.1 Å². The Morgan fingerprint density at radius 2 is 0.667 bits per heavy atom. The largest absolute Gasteiger partial charge is 0.668 e. The average molecular weight is 300 g/mol. The van der Waals surface area contributed by atoms with Crippen molar-refractivity contribution in [1.29, 1.82) is 0 Å². The fourth-order valence-corrected chi connectivity index (χ4v) is 0. The maximum Gasteiger partial charge on any atom is 0 e. The monoisotopic (exact) mass is 300 g/mol. The summed E-state index contributed by atoms with van der Waals surface area (Å²) in [6.07, 6.45) is 0. The van der Waals surface area contributed by atoms with Crippen LogP contribution in [0.1, 0.15) is 0 Å². The van der Waals surface area contributed by atoms with Crippen LogP contribution in [0.5, 0.6) is 0 Å². The molecule has 9 heavy (non-hydrogen) atoms.